The number of nitrogens with one attached hydrogen (secondary N) is 1. The van der Waals surface area contributed by atoms with Gasteiger partial charge >= 0.3 is 6.18 Å². The van der Waals surface area contributed by atoms with Crippen molar-refractivity contribution in [2.24, 2.45) is 5.10 Å². The largest absolute Gasteiger partial charge is 0.490 e. The molecule has 1 amide bonds. The van der Waals surface area contributed by atoms with Crippen molar-refractivity contribution in [3.63, 3.8) is 0 Å². The molecule has 0 spiro atoms. The molecule has 12 heteroatoms. The van der Waals surface area contributed by atoms with Crippen LogP contribution in [0.3, 0.4) is 0 Å². The van der Waals surface area contributed by atoms with E-state index in [9.17, 15) is 22.4 Å². The molecule has 0 saturated carbocycles. The molecule has 0 aliphatic carbocycles. The van der Waals surface area contributed by atoms with Crippen LogP contribution in [0.5, 0.6) is 11.5 Å². The zero-order valence-electron chi connectivity index (χ0n) is 17.8. The van der Waals surface area contributed by atoms with Gasteiger partial charge in [0, 0.05) is 11.8 Å². The van der Waals surface area contributed by atoms with Crippen LogP contribution in [-0.2, 0) is 24.1 Å². The number of carbonyl (C=O) groups excluding carboxylic acids is 1. The van der Waals surface area contributed by atoms with Crippen molar-refractivity contribution < 1.29 is 31.8 Å². The summed E-state index contributed by atoms with van der Waals surface area (Å²) in [7, 11) is 0. The second-order valence-electron chi connectivity index (χ2n) is 6.82. The molecule has 7 nitrogen and oxygen atoms in total. The molecule has 3 rings (SSSR count). The Kier molecular flexibility index (Phi) is 8.11. The van der Waals surface area contributed by atoms with Gasteiger partial charge in [-0.05, 0) is 48.9 Å². The molecule has 0 bridgehead atoms. The maximum Gasteiger partial charge on any atom is 0.435 e. The van der Waals surface area contributed by atoms with Crippen molar-refractivity contribution in [1.29, 1.82) is 0 Å². The lowest BCUT2D eigenvalue weighted by molar-refractivity contribution is -0.141. The topological polar surface area (TPSA) is 77.7 Å². The van der Waals surface area contributed by atoms with Crippen LogP contribution < -0.4 is 14.9 Å². The fraction of sp³-hybridized carbons (Fsp3) is 0.227. The zero-order valence-corrected chi connectivity index (χ0v) is 18.5. The first-order valence-electron chi connectivity index (χ1n) is 9.92. The fourth-order valence-corrected chi connectivity index (χ4v) is 2.99. The van der Waals surface area contributed by atoms with E-state index in [0.717, 1.165) is 16.9 Å². The lowest BCUT2D eigenvalue weighted by Gasteiger charge is -2.13. The van der Waals surface area contributed by atoms with E-state index in [1.807, 2.05) is 0 Å². The molecule has 180 valence electrons. The summed E-state index contributed by atoms with van der Waals surface area (Å²) >= 11 is 6.02. The maximum absolute atomic E-state index is 14.0. The highest BCUT2D eigenvalue weighted by atomic mass is 35.5. The third-order valence-electron chi connectivity index (χ3n) is 4.34. The predicted octanol–water partition coefficient (Wildman–Crippen LogP) is 4.82. The number of aromatic nitrogens is 2. The molecule has 0 atom stereocenters. The quantitative estimate of drug-likeness (QED) is 0.261. The van der Waals surface area contributed by atoms with Gasteiger partial charge in [-0.2, -0.15) is 23.4 Å². The van der Waals surface area contributed by atoms with Crippen LogP contribution in [0, 0.1) is 5.82 Å². The smallest absolute Gasteiger partial charge is 0.435 e. The summed E-state index contributed by atoms with van der Waals surface area (Å²) in [6.45, 7) is 1.55. The van der Waals surface area contributed by atoms with Crippen LogP contribution >= 0.6 is 11.6 Å². The van der Waals surface area contributed by atoms with Crippen LogP contribution in [0.15, 0.2) is 53.8 Å². The van der Waals surface area contributed by atoms with E-state index in [0.29, 0.717) is 23.7 Å². The number of halogens is 5. The first kappa shape index (κ1) is 25.0. The van der Waals surface area contributed by atoms with Crippen LogP contribution in [-0.4, -0.2) is 28.5 Å². The highest BCUT2D eigenvalue weighted by Gasteiger charge is 2.33. The second-order valence-corrected chi connectivity index (χ2v) is 7.22. The van der Waals surface area contributed by atoms with E-state index in [1.54, 1.807) is 31.2 Å². The molecule has 1 heterocycles. The summed E-state index contributed by atoms with van der Waals surface area (Å²) in [4.78, 5) is 11.9. The van der Waals surface area contributed by atoms with Crippen LogP contribution in [0.1, 0.15) is 23.7 Å². The zero-order chi connectivity index (χ0) is 24.7. The summed E-state index contributed by atoms with van der Waals surface area (Å²) in [6.07, 6.45) is -2.22. The third-order valence-corrected chi connectivity index (χ3v) is 4.69. The lowest BCUT2D eigenvalue weighted by atomic mass is 10.2. The van der Waals surface area contributed by atoms with E-state index in [2.05, 4.69) is 15.6 Å². The second kappa shape index (κ2) is 11.0. The van der Waals surface area contributed by atoms with Gasteiger partial charge < -0.3 is 9.47 Å². The molecule has 0 radical (unpaired) electrons. The molecule has 34 heavy (non-hydrogen) atoms. The van der Waals surface area contributed by atoms with Gasteiger partial charge in [0.15, 0.2) is 17.2 Å². The number of benzene rings is 2. The minimum atomic E-state index is -4.59. The molecule has 2 aromatic carbocycles. The van der Waals surface area contributed by atoms with E-state index in [-0.39, 0.29) is 17.2 Å². The number of hydrazone groups is 1. The summed E-state index contributed by atoms with van der Waals surface area (Å²) in [5, 5.41) is 7.32. The van der Waals surface area contributed by atoms with Gasteiger partial charge in [0.2, 0.25) is 0 Å². The summed E-state index contributed by atoms with van der Waals surface area (Å²) < 4.78 is 63.8. The van der Waals surface area contributed by atoms with Gasteiger partial charge in [-0.15, -0.1) is 0 Å². The average Bonchev–Trinajstić information content (AvgIpc) is 3.24. The molecule has 0 fully saturated rings. The Morgan fingerprint density at radius 1 is 1.21 bits per heavy atom. The van der Waals surface area contributed by atoms with Crippen LogP contribution in [0.4, 0.5) is 17.6 Å². The minimum Gasteiger partial charge on any atom is -0.490 e. The standard InChI is InChI=1S/C22H19ClF4N4O3/c1-2-33-19-10-14(6-7-18(19)34-13-15-16(23)4-3-5-17(15)24)11-28-29-21(32)12-31-9-8-20(30-31)22(25,26)27/h3-11H,2,12-13H2,1H3,(H,29,32)/b28-11-. The number of hydrogen-bond acceptors (Lipinski definition) is 5. The first-order chi connectivity index (χ1) is 16.2. The Hall–Kier alpha value is -3.60. The lowest BCUT2D eigenvalue weighted by Crippen LogP contribution is -2.23. The van der Waals surface area contributed by atoms with E-state index >= 15 is 0 Å². The normalized spacial score (nSPS) is 11.6. The number of alkyl halides is 3. The van der Waals surface area contributed by atoms with E-state index < -0.39 is 30.1 Å². The molecule has 0 aliphatic rings. The Morgan fingerprint density at radius 2 is 2.00 bits per heavy atom. The Bertz CT molecular complexity index is 1160. The third kappa shape index (κ3) is 6.70. The highest BCUT2D eigenvalue weighted by Crippen LogP contribution is 2.30. The van der Waals surface area contributed by atoms with Crippen molar-refractivity contribution in [2.75, 3.05) is 6.61 Å². The van der Waals surface area contributed by atoms with Crippen molar-refractivity contribution >= 4 is 23.7 Å². The van der Waals surface area contributed by atoms with Crippen molar-refractivity contribution in [2.45, 2.75) is 26.3 Å². The average molecular weight is 499 g/mol. The van der Waals surface area contributed by atoms with Gasteiger partial charge in [-0.1, -0.05) is 17.7 Å². The van der Waals surface area contributed by atoms with Gasteiger partial charge in [-0.25, -0.2) is 9.82 Å². The maximum atomic E-state index is 14.0. The molecular weight excluding hydrogens is 480 g/mol. The van der Waals surface area contributed by atoms with Gasteiger partial charge in [0.05, 0.1) is 17.8 Å². The van der Waals surface area contributed by atoms with Crippen molar-refractivity contribution in [1.82, 2.24) is 15.2 Å². The molecule has 0 saturated heterocycles. The number of carbonyl (C=O) groups is 1. The van der Waals surface area contributed by atoms with Gasteiger partial charge in [-0.3, -0.25) is 9.48 Å². The number of nitrogens with zero attached hydrogens (tertiary/aromatic N) is 3. The van der Waals surface area contributed by atoms with Crippen molar-refractivity contribution in [3.8, 4) is 11.5 Å². The van der Waals surface area contributed by atoms with Gasteiger partial charge in [0.1, 0.15) is 19.0 Å². The Balaban J connectivity index is 1.61. The van der Waals surface area contributed by atoms with E-state index in [1.165, 1.54) is 18.3 Å². The molecule has 1 N–H and O–H groups in total. The Labute approximate surface area is 196 Å². The highest BCUT2D eigenvalue weighted by molar-refractivity contribution is 6.31. The van der Waals surface area contributed by atoms with Crippen molar-refractivity contribution in [3.05, 3.63) is 76.3 Å². The molecule has 3 aromatic rings. The number of rotatable bonds is 9. The number of hydrogen-bond donors (Lipinski definition) is 1. The molecule has 1 aromatic heterocycles. The fourth-order valence-electron chi connectivity index (χ4n) is 2.77. The van der Waals surface area contributed by atoms with Crippen LogP contribution in [0.2, 0.25) is 5.02 Å². The molecule has 0 aliphatic heterocycles. The van der Waals surface area contributed by atoms with E-state index in [4.69, 9.17) is 21.1 Å². The SMILES string of the molecule is CCOc1cc(/C=N\NC(=O)Cn2ccc(C(F)(F)F)n2)ccc1OCc1c(F)cccc1Cl. The minimum absolute atomic E-state index is 0.113. The number of amides is 1. The predicted molar refractivity (Wildman–Crippen MR) is 116 cm³/mol. The summed E-state index contributed by atoms with van der Waals surface area (Å²) in [5.41, 5.74) is 1.87. The monoisotopic (exact) mass is 498 g/mol. The number of ether oxygens (including phenoxy) is 2. The summed E-state index contributed by atoms with van der Waals surface area (Å²) in [5.74, 6) is -0.447. The first-order valence-corrected chi connectivity index (χ1v) is 10.3. The summed E-state index contributed by atoms with van der Waals surface area (Å²) in [6, 6.07) is 9.92. The van der Waals surface area contributed by atoms with Crippen LogP contribution in [0.25, 0.3) is 0 Å². The molecule has 0 unspecified atom stereocenters. The van der Waals surface area contributed by atoms with Gasteiger partial charge in [0.25, 0.3) is 5.91 Å². The Morgan fingerprint density at radius 3 is 2.68 bits per heavy atom. The molecular formula is C22H19ClF4N4O3.